The second-order valence-corrected chi connectivity index (χ2v) is 3.64. The summed E-state index contributed by atoms with van der Waals surface area (Å²) in [5.74, 6) is -0.365. The van der Waals surface area contributed by atoms with Gasteiger partial charge in [-0.1, -0.05) is 12.1 Å². The third-order valence-electron chi connectivity index (χ3n) is 2.66. The van der Waals surface area contributed by atoms with Gasteiger partial charge in [0, 0.05) is 11.6 Å². The van der Waals surface area contributed by atoms with Crippen molar-refractivity contribution in [1.29, 1.82) is 0 Å². The maximum atomic E-state index is 10.8. The lowest BCUT2D eigenvalue weighted by Crippen LogP contribution is -2.14. The van der Waals surface area contributed by atoms with Gasteiger partial charge < -0.3 is 11.1 Å². The number of amides is 1. The first kappa shape index (κ1) is 12.0. The van der Waals surface area contributed by atoms with E-state index in [0.29, 0.717) is 11.6 Å². The largest absolute Gasteiger partial charge is 0.366 e. The molecule has 0 aliphatic carbocycles. The SMILES string of the molecule is Cl.NC(=O)c1ccc(C2CCCN2)cc1. The first-order valence-electron chi connectivity index (χ1n) is 4.90. The molecule has 3 N–H and O–H groups in total. The summed E-state index contributed by atoms with van der Waals surface area (Å²) in [4.78, 5) is 10.8. The molecule has 3 nitrogen and oxygen atoms in total. The number of carbonyl (C=O) groups is 1. The van der Waals surface area contributed by atoms with Gasteiger partial charge in [0.2, 0.25) is 5.91 Å². The Morgan fingerprint density at radius 3 is 2.47 bits per heavy atom. The van der Waals surface area contributed by atoms with Gasteiger partial charge in [0.1, 0.15) is 0 Å². The zero-order valence-corrected chi connectivity index (χ0v) is 9.22. The molecule has 0 aromatic heterocycles. The lowest BCUT2D eigenvalue weighted by atomic mass is 10.0. The van der Waals surface area contributed by atoms with Gasteiger partial charge in [-0.25, -0.2) is 0 Å². The molecule has 1 fully saturated rings. The quantitative estimate of drug-likeness (QED) is 0.806. The van der Waals surface area contributed by atoms with E-state index in [1.807, 2.05) is 12.1 Å². The molecule has 1 atom stereocenters. The Kier molecular flexibility index (Phi) is 4.12. The Labute approximate surface area is 95.5 Å². The van der Waals surface area contributed by atoms with Crippen molar-refractivity contribution in [3.8, 4) is 0 Å². The van der Waals surface area contributed by atoms with Crippen molar-refractivity contribution in [2.45, 2.75) is 18.9 Å². The number of rotatable bonds is 2. The Morgan fingerprint density at radius 2 is 2.00 bits per heavy atom. The zero-order chi connectivity index (χ0) is 9.97. The lowest BCUT2D eigenvalue weighted by Gasteiger charge is -2.10. The number of nitrogens with two attached hydrogens (primary N) is 1. The molecule has 4 heteroatoms. The van der Waals surface area contributed by atoms with Crippen molar-refractivity contribution < 1.29 is 4.79 Å². The monoisotopic (exact) mass is 226 g/mol. The van der Waals surface area contributed by atoms with Crippen LogP contribution in [0.25, 0.3) is 0 Å². The Hall–Kier alpha value is -1.06. The summed E-state index contributed by atoms with van der Waals surface area (Å²) in [5.41, 5.74) is 6.98. The number of nitrogens with one attached hydrogen (secondary N) is 1. The van der Waals surface area contributed by atoms with Crippen LogP contribution in [0.15, 0.2) is 24.3 Å². The molecule has 15 heavy (non-hydrogen) atoms. The minimum absolute atomic E-state index is 0. The Bertz CT molecular complexity index is 331. The second kappa shape index (κ2) is 5.14. The number of hydrogen-bond acceptors (Lipinski definition) is 2. The van der Waals surface area contributed by atoms with E-state index in [4.69, 9.17) is 5.73 Å². The Balaban J connectivity index is 0.00000112. The third-order valence-corrected chi connectivity index (χ3v) is 2.66. The van der Waals surface area contributed by atoms with Crippen LogP contribution in [0.2, 0.25) is 0 Å². The number of carbonyl (C=O) groups excluding carboxylic acids is 1. The number of primary amides is 1. The van der Waals surface area contributed by atoms with Crippen LogP contribution in [-0.2, 0) is 0 Å². The van der Waals surface area contributed by atoms with Crippen LogP contribution in [0, 0.1) is 0 Å². The highest BCUT2D eigenvalue weighted by Crippen LogP contribution is 2.22. The van der Waals surface area contributed by atoms with E-state index in [1.54, 1.807) is 12.1 Å². The first-order valence-corrected chi connectivity index (χ1v) is 4.90. The molecule has 1 amide bonds. The molecule has 1 unspecified atom stereocenters. The van der Waals surface area contributed by atoms with Gasteiger partial charge >= 0.3 is 0 Å². The molecule has 2 rings (SSSR count). The summed E-state index contributed by atoms with van der Waals surface area (Å²) in [6, 6.07) is 7.98. The number of halogens is 1. The molecule has 1 aliphatic heterocycles. The van der Waals surface area contributed by atoms with E-state index in [1.165, 1.54) is 18.4 Å². The van der Waals surface area contributed by atoms with Crippen molar-refractivity contribution in [2.75, 3.05) is 6.54 Å². The van der Waals surface area contributed by atoms with Gasteiger partial charge in [0.25, 0.3) is 0 Å². The average molecular weight is 227 g/mol. The highest BCUT2D eigenvalue weighted by atomic mass is 35.5. The van der Waals surface area contributed by atoms with Gasteiger partial charge in [-0.2, -0.15) is 0 Å². The fraction of sp³-hybridized carbons (Fsp3) is 0.364. The smallest absolute Gasteiger partial charge is 0.248 e. The molecule has 0 bridgehead atoms. The molecule has 0 spiro atoms. The summed E-state index contributed by atoms with van der Waals surface area (Å²) in [6.45, 7) is 1.09. The molecule has 1 aliphatic rings. The first-order chi connectivity index (χ1) is 6.77. The molecule has 0 saturated carbocycles. The lowest BCUT2D eigenvalue weighted by molar-refractivity contribution is 0.100. The predicted octanol–water partition coefficient (Wildman–Crippen LogP) is 1.63. The van der Waals surface area contributed by atoms with E-state index < -0.39 is 0 Å². The normalized spacial score (nSPS) is 19.6. The standard InChI is InChI=1S/C11H14N2O.ClH/c12-11(14)9-5-3-8(4-6-9)10-2-1-7-13-10;/h3-6,10,13H,1-2,7H2,(H2,12,14);1H. The molecular weight excluding hydrogens is 212 g/mol. The average Bonchev–Trinajstić information content (AvgIpc) is 2.71. The van der Waals surface area contributed by atoms with Crippen LogP contribution >= 0.6 is 12.4 Å². The minimum atomic E-state index is -0.365. The molecule has 1 aromatic carbocycles. The number of benzene rings is 1. The summed E-state index contributed by atoms with van der Waals surface area (Å²) in [7, 11) is 0. The fourth-order valence-electron chi connectivity index (χ4n) is 1.85. The number of hydrogen-bond donors (Lipinski definition) is 2. The van der Waals surface area contributed by atoms with E-state index in [-0.39, 0.29) is 18.3 Å². The van der Waals surface area contributed by atoms with E-state index in [2.05, 4.69) is 5.32 Å². The molecule has 1 heterocycles. The molecule has 1 aromatic rings. The van der Waals surface area contributed by atoms with Gasteiger partial charge in [-0.05, 0) is 37.1 Å². The highest BCUT2D eigenvalue weighted by Gasteiger charge is 2.15. The topological polar surface area (TPSA) is 55.1 Å². The molecule has 0 radical (unpaired) electrons. The Morgan fingerprint density at radius 1 is 1.33 bits per heavy atom. The van der Waals surface area contributed by atoms with E-state index in [0.717, 1.165) is 6.54 Å². The van der Waals surface area contributed by atoms with E-state index in [9.17, 15) is 4.79 Å². The predicted molar refractivity (Wildman–Crippen MR) is 62.2 cm³/mol. The third kappa shape index (κ3) is 2.70. The molecular formula is C11H15ClN2O. The van der Waals surface area contributed by atoms with Crippen LogP contribution in [0.1, 0.15) is 34.8 Å². The summed E-state index contributed by atoms with van der Waals surface area (Å²) in [6.07, 6.45) is 2.40. The van der Waals surface area contributed by atoms with Crippen molar-refractivity contribution >= 4 is 18.3 Å². The van der Waals surface area contributed by atoms with E-state index >= 15 is 0 Å². The highest BCUT2D eigenvalue weighted by molar-refractivity contribution is 5.92. The van der Waals surface area contributed by atoms with Crippen molar-refractivity contribution in [2.24, 2.45) is 5.73 Å². The second-order valence-electron chi connectivity index (χ2n) is 3.64. The minimum Gasteiger partial charge on any atom is -0.366 e. The molecule has 82 valence electrons. The maximum absolute atomic E-state index is 10.8. The maximum Gasteiger partial charge on any atom is 0.248 e. The van der Waals surface area contributed by atoms with Crippen molar-refractivity contribution in [3.63, 3.8) is 0 Å². The summed E-state index contributed by atoms with van der Waals surface area (Å²) < 4.78 is 0. The van der Waals surface area contributed by atoms with Gasteiger partial charge in [-0.3, -0.25) is 4.79 Å². The summed E-state index contributed by atoms with van der Waals surface area (Å²) >= 11 is 0. The van der Waals surface area contributed by atoms with Crippen LogP contribution in [-0.4, -0.2) is 12.5 Å². The van der Waals surface area contributed by atoms with Crippen LogP contribution in [0.5, 0.6) is 0 Å². The van der Waals surface area contributed by atoms with Crippen LogP contribution in [0.3, 0.4) is 0 Å². The zero-order valence-electron chi connectivity index (χ0n) is 8.40. The summed E-state index contributed by atoms with van der Waals surface area (Å²) in [5, 5.41) is 3.41. The fourth-order valence-corrected chi connectivity index (χ4v) is 1.85. The van der Waals surface area contributed by atoms with Gasteiger partial charge in [-0.15, -0.1) is 12.4 Å². The van der Waals surface area contributed by atoms with Crippen molar-refractivity contribution in [3.05, 3.63) is 35.4 Å². The van der Waals surface area contributed by atoms with Crippen LogP contribution in [0.4, 0.5) is 0 Å². The molecule has 1 saturated heterocycles. The van der Waals surface area contributed by atoms with Gasteiger partial charge in [0.15, 0.2) is 0 Å². The van der Waals surface area contributed by atoms with Crippen LogP contribution < -0.4 is 11.1 Å². The van der Waals surface area contributed by atoms with Crippen molar-refractivity contribution in [1.82, 2.24) is 5.32 Å². The van der Waals surface area contributed by atoms with Gasteiger partial charge in [0.05, 0.1) is 0 Å².